The number of methoxy groups -OCH3 is 1. The minimum atomic E-state index is -1.32. The van der Waals surface area contributed by atoms with Gasteiger partial charge in [-0.15, -0.1) is 0 Å². The van der Waals surface area contributed by atoms with Gasteiger partial charge in [0, 0.05) is 5.56 Å². The lowest BCUT2D eigenvalue weighted by Gasteiger charge is -2.26. The van der Waals surface area contributed by atoms with Crippen LogP contribution in [0.5, 0.6) is 11.5 Å². The zero-order valence-corrected chi connectivity index (χ0v) is 15.3. The second kappa shape index (κ2) is 8.19. The Morgan fingerprint density at radius 1 is 1.35 bits per heavy atom. The van der Waals surface area contributed by atoms with Crippen LogP contribution in [0.2, 0.25) is 0 Å². The Morgan fingerprint density at radius 2 is 2.00 bits per heavy atom. The van der Waals surface area contributed by atoms with E-state index < -0.39 is 17.4 Å². The van der Waals surface area contributed by atoms with E-state index >= 15 is 0 Å². The quantitative estimate of drug-likeness (QED) is 0.714. The molecule has 1 atom stereocenters. The molecule has 1 amide bonds. The molecule has 0 aliphatic rings. The summed E-state index contributed by atoms with van der Waals surface area (Å²) in [5.74, 6) is -0.643. The average molecular weight is 388 g/mol. The summed E-state index contributed by atoms with van der Waals surface area (Å²) in [5.41, 5.74) is -1.02. The van der Waals surface area contributed by atoms with Crippen LogP contribution < -0.4 is 14.8 Å². The first-order valence-corrected chi connectivity index (χ1v) is 8.14. The molecule has 6 nitrogen and oxygen atoms in total. The molecule has 7 heteroatoms. The molecule has 0 aliphatic heterocycles. The third kappa shape index (κ3) is 4.60. The lowest BCUT2D eigenvalue weighted by Crippen LogP contribution is -2.52. The van der Waals surface area contributed by atoms with Gasteiger partial charge in [0.25, 0.3) is 5.91 Å². The van der Waals surface area contributed by atoms with Crippen molar-refractivity contribution in [3.63, 3.8) is 0 Å². The van der Waals surface area contributed by atoms with E-state index in [1.54, 1.807) is 6.07 Å². The normalized spacial score (nSPS) is 13.1. The van der Waals surface area contributed by atoms with E-state index in [2.05, 4.69) is 21.2 Å². The Labute approximate surface area is 144 Å². The molecule has 128 valence electrons. The highest BCUT2D eigenvalue weighted by atomic mass is 79.9. The second-order valence-electron chi connectivity index (χ2n) is 5.26. The summed E-state index contributed by atoms with van der Waals surface area (Å²) in [7, 11) is 1.48. The first kappa shape index (κ1) is 19.3. The lowest BCUT2D eigenvalue weighted by atomic mass is 9.95. The van der Waals surface area contributed by atoms with E-state index in [4.69, 9.17) is 9.47 Å². The summed E-state index contributed by atoms with van der Waals surface area (Å²) in [4.78, 5) is 23.9. The minimum absolute atomic E-state index is 0.292. The highest BCUT2D eigenvalue weighted by Crippen LogP contribution is 2.36. The fourth-order valence-corrected chi connectivity index (χ4v) is 2.74. The van der Waals surface area contributed by atoms with E-state index in [-0.39, 0.29) is 0 Å². The molecule has 23 heavy (non-hydrogen) atoms. The zero-order chi connectivity index (χ0) is 17.6. The molecule has 0 fully saturated rings. The fourth-order valence-electron chi connectivity index (χ4n) is 2.18. The second-order valence-corrected chi connectivity index (χ2v) is 6.12. The summed E-state index contributed by atoms with van der Waals surface area (Å²) in [5, 5.41) is 11.9. The molecule has 1 aromatic carbocycles. The molecule has 0 radical (unpaired) electrons. The van der Waals surface area contributed by atoms with E-state index in [0.717, 1.165) is 0 Å². The Kier molecular flexibility index (Phi) is 6.87. The van der Waals surface area contributed by atoms with E-state index in [0.29, 0.717) is 41.0 Å². The number of halogens is 1. The molecule has 0 heterocycles. The lowest BCUT2D eigenvalue weighted by molar-refractivity contribution is -0.144. The van der Waals surface area contributed by atoms with Crippen LogP contribution in [0.25, 0.3) is 0 Å². The molecule has 0 saturated heterocycles. The molecule has 1 rings (SSSR count). The number of amides is 1. The topological polar surface area (TPSA) is 84.9 Å². The first-order chi connectivity index (χ1) is 10.8. The van der Waals surface area contributed by atoms with Gasteiger partial charge in [-0.05, 0) is 48.3 Å². The van der Waals surface area contributed by atoms with Crippen LogP contribution in [-0.4, -0.2) is 36.2 Å². The molecule has 0 aliphatic carbocycles. The SMILES string of the molecule is CCCC(C)(NC(=O)c1cc(Br)c(OCC)c(OC)c1)C(=O)O. The van der Waals surface area contributed by atoms with Gasteiger partial charge in [0.1, 0.15) is 5.54 Å². The number of hydrogen-bond donors (Lipinski definition) is 2. The number of carbonyl (C=O) groups is 2. The van der Waals surface area contributed by atoms with Crippen molar-refractivity contribution in [3.05, 3.63) is 22.2 Å². The van der Waals surface area contributed by atoms with Crippen LogP contribution in [0.4, 0.5) is 0 Å². The largest absolute Gasteiger partial charge is 0.493 e. The van der Waals surface area contributed by atoms with Gasteiger partial charge < -0.3 is 19.9 Å². The molecule has 0 saturated carbocycles. The van der Waals surface area contributed by atoms with Crippen molar-refractivity contribution >= 4 is 27.8 Å². The third-order valence-electron chi connectivity index (χ3n) is 3.39. The Hall–Kier alpha value is -1.76. The Bertz CT molecular complexity index is 590. The smallest absolute Gasteiger partial charge is 0.329 e. The number of benzene rings is 1. The van der Waals surface area contributed by atoms with Crippen molar-refractivity contribution in [1.82, 2.24) is 5.32 Å². The predicted octanol–water partition coefficient (Wildman–Crippen LogP) is 3.23. The maximum absolute atomic E-state index is 12.4. The summed E-state index contributed by atoms with van der Waals surface area (Å²) in [6.07, 6.45) is 0.975. The van der Waals surface area contributed by atoms with Gasteiger partial charge >= 0.3 is 5.97 Å². The maximum atomic E-state index is 12.4. The summed E-state index contributed by atoms with van der Waals surface area (Å²) in [6, 6.07) is 3.11. The number of nitrogens with one attached hydrogen (secondary N) is 1. The monoisotopic (exact) mass is 387 g/mol. The Morgan fingerprint density at radius 3 is 2.48 bits per heavy atom. The van der Waals surface area contributed by atoms with E-state index in [1.165, 1.54) is 20.1 Å². The van der Waals surface area contributed by atoms with Gasteiger partial charge in [0.2, 0.25) is 0 Å². The first-order valence-electron chi connectivity index (χ1n) is 7.35. The molecule has 0 aromatic heterocycles. The van der Waals surface area contributed by atoms with Gasteiger partial charge in [-0.2, -0.15) is 0 Å². The summed E-state index contributed by atoms with van der Waals surface area (Å²) >= 11 is 3.35. The zero-order valence-electron chi connectivity index (χ0n) is 13.7. The van der Waals surface area contributed by atoms with Crippen LogP contribution in [0, 0.1) is 0 Å². The molecule has 0 spiro atoms. The highest BCUT2D eigenvalue weighted by Gasteiger charge is 2.34. The van der Waals surface area contributed by atoms with Crippen molar-refractivity contribution in [2.75, 3.05) is 13.7 Å². The fraction of sp³-hybridized carbons (Fsp3) is 0.500. The number of aliphatic carboxylic acids is 1. The van der Waals surface area contributed by atoms with Crippen molar-refractivity contribution in [2.45, 2.75) is 39.2 Å². The molecular formula is C16H22BrNO5. The van der Waals surface area contributed by atoms with Crippen molar-refractivity contribution in [2.24, 2.45) is 0 Å². The van der Waals surface area contributed by atoms with Crippen LogP contribution >= 0.6 is 15.9 Å². The maximum Gasteiger partial charge on any atom is 0.329 e. The molecule has 2 N–H and O–H groups in total. The van der Waals surface area contributed by atoms with E-state index in [1.807, 2.05) is 13.8 Å². The highest BCUT2D eigenvalue weighted by molar-refractivity contribution is 9.10. The summed E-state index contributed by atoms with van der Waals surface area (Å²) in [6.45, 7) is 5.66. The van der Waals surface area contributed by atoms with Crippen molar-refractivity contribution < 1.29 is 24.2 Å². The Balaban J connectivity index is 3.13. The molecule has 1 aromatic rings. The average Bonchev–Trinajstić information content (AvgIpc) is 2.49. The third-order valence-corrected chi connectivity index (χ3v) is 3.98. The van der Waals surface area contributed by atoms with Crippen LogP contribution in [0.15, 0.2) is 16.6 Å². The number of carboxylic acid groups (broad SMARTS) is 1. The van der Waals surface area contributed by atoms with Gasteiger partial charge in [-0.3, -0.25) is 4.79 Å². The number of carbonyl (C=O) groups excluding carboxylic acids is 1. The van der Waals surface area contributed by atoms with Gasteiger partial charge in [0.15, 0.2) is 11.5 Å². The van der Waals surface area contributed by atoms with Gasteiger partial charge in [-0.25, -0.2) is 4.79 Å². The number of hydrogen-bond acceptors (Lipinski definition) is 4. The molecular weight excluding hydrogens is 366 g/mol. The van der Waals surface area contributed by atoms with Crippen LogP contribution in [0.1, 0.15) is 44.0 Å². The van der Waals surface area contributed by atoms with E-state index in [9.17, 15) is 14.7 Å². The number of rotatable bonds is 8. The number of ether oxygens (including phenoxy) is 2. The van der Waals surface area contributed by atoms with Crippen LogP contribution in [0.3, 0.4) is 0 Å². The van der Waals surface area contributed by atoms with Gasteiger partial charge in [0.05, 0.1) is 18.2 Å². The predicted molar refractivity (Wildman–Crippen MR) is 90.3 cm³/mol. The summed E-state index contributed by atoms with van der Waals surface area (Å²) < 4.78 is 11.3. The van der Waals surface area contributed by atoms with Crippen molar-refractivity contribution in [1.29, 1.82) is 0 Å². The molecule has 0 bridgehead atoms. The molecule has 1 unspecified atom stereocenters. The van der Waals surface area contributed by atoms with Crippen LogP contribution in [-0.2, 0) is 4.79 Å². The number of carboxylic acids is 1. The van der Waals surface area contributed by atoms with Gasteiger partial charge in [-0.1, -0.05) is 13.3 Å². The van der Waals surface area contributed by atoms with Crippen molar-refractivity contribution in [3.8, 4) is 11.5 Å². The standard InChI is InChI=1S/C16H22BrNO5/c1-5-7-16(3,15(20)21)18-14(19)10-8-11(17)13(23-6-2)12(9-10)22-4/h8-9H,5-7H2,1-4H3,(H,18,19)(H,20,21). The minimum Gasteiger partial charge on any atom is -0.493 e.